The van der Waals surface area contributed by atoms with E-state index in [1.54, 1.807) is 30.5 Å². The molecular formula is C19H15Cl2N5. The topological polar surface area (TPSA) is 73.6 Å². The Bertz CT molecular complexity index is 935. The second-order valence-corrected chi connectivity index (χ2v) is 6.34. The Kier molecular flexibility index (Phi) is 5.90. The molecule has 0 fully saturated rings. The first-order valence-electron chi connectivity index (χ1n) is 7.92. The van der Waals surface area contributed by atoms with Crippen LogP contribution in [0.3, 0.4) is 0 Å². The van der Waals surface area contributed by atoms with E-state index in [0.717, 1.165) is 17.7 Å². The fraction of sp³-hybridized carbons (Fsp3) is 0.105. The summed E-state index contributed by atoms with van der Waals surface area (Å²) in [6.07, 6.45) is 2.41. The highest BCUT2D eigenvalue weighted by Gasteiger charge is 2.03. The SMILES string of the molecule is N#Cc1ccc(Nc2ccnc(NCCc3ccc(Cl)cc3Cl)n2)cc1. The molecule has 0 spiro atoms. The summed E-state index contributed by atoms with van der Waals surface area (Å²) in [6.45, 7) is 0.641. The van der Waals surface area contributed by atoms with Gasteiger partial charge in [-0.25, -0.2) is 4.98 Å². The molecule has 7 heteroatoms. The molecule has 1 heterocycles. The standard InChI is InChI=1S/C19H15Cl2N5/c20-15-4-3-14(17(21)11-15)7-9-23-19-24-10-8-18(26-19)25-16-5-1-13(12-22)2-6-16/h1-6,8,10-11H,7,9H2,(H2,23,24,25,26). The van der Waals surface area contributed by atoms with E-state index in [9.17, 15) is 0 Å². The van der Waals surface area contributed by atoms with Crippen LogP contribution in [-0.2, 0) is 6.42 Å². The Balaban J connectivity index is 1.59. The quantitative estimate of drug-likeness (QED) is 0.622. The molecule has 2 N–H and O–H groups in total. The molecule has 0 aliphatic carbocycles. The van der Waals surface area contributed by atoms with E-state index in [-0.39, 0.29) is 0 Å². The second kappa shape index (κ2) is 8.52. The molecular weight excluding hydrogens is 369 g/mol. The lowest BCUT2D eigenvalue weighted by atomic mass is 10.1. The van der Waals surface area contributed by atoms with Gasteiger partial charge in [-0.1, -0.05) is 29.3 Å². The molecule has 0 radical (unpaired) electrons. The fourth-order valence-electron chi connectivity index (χ4n) is 2.32. The minimum atomic E-state index is 0.522. The van der Waals surface area contributed by atoms with Crippen LogP contribution in [0.5, 0.6) is 0 Å². The minimum absolute atomic E-state index is 0.522. The van der Waals surface area contributed by atoms with Crippen molar-refractivity contribution in [1.29, 1.82) is 5.26 Å². The average Bonchev–Trinajstić information content (AvgIpc) is 2.64. The highest BCUT2D eigenvalue weighted by Crippen LogP contribution is 2.21. The lowest BCUT2D eigenvalue weighted by Crippen LogP contribution is -2.09. The van der Waals surface area contributed by atoms with Crippen molar-refractivity contribution >= 4 is 40.7 Å². The van der Waals surface area contributed by atoms with Crippen molar-refractivity contribution in [2.45, 2.75) is 6.42 Å². The van der Waals surface area contributed by atoms with Gasteiger partial charge in [0, 0.05) is 28.5 Å². The smallest absolute Gasteiger partial charge is 0.224 e. The van der Waals surface area contributed by atoms with Crippen LogP contribution in [0.4, 0.5) is 17.5 Å². The monoisotopic (exact) mass is 383 g/mol. The molecule has 0 amide bonds. The van der Waals surface area contributed by atoms with Crippen molar-refractivity contribution in [2.24, 2.45) is 0 Å². The van der Waals surface area contributed by atoms with Gasteiger partial charge >= 0.3 is 0 Å². The second-order valence-electron chi connectivity index (χ2n) is 5.49. The Morgan fingerprint density at radius 2 is 1.85 bits per heavy atom. The molecule has 0 saturated heterocycles. The summed E-state index contributed by atoms with van der Waals surface area (Å²) in [7, 11) is 0. The van der Waals surface area contributed by atoms with Gasteiger partial charge < -0.3 is 10.6 Å². The highest BCUT2D eigenvalue weighted by atomic mass is 35.5. The summed E-state index contributed by atoms with van der Waals surface area (Å²) < 4.78 is 0. The zero-order valence-corrected chi connectivity index (χ0v) is 15.2. The predicted octanol–water partition coefficient (Wildman–Crippen LogP) is 5.05. The number of hydrogen-bond acceptors (Lipinski definition) is 5. The maximum Gasteiger partial charge on any atom is 0.224 e. The van der Waals surface area contributed by atoms with Crippen LogP contribution in [0.2, 0.25) is 10.0 Å². The Morgan fingerprint density at radius 3 is 2.58 bits per heavy atom. The van der Waals surface area contributed by atoms with Crippen molar-refractivity contribution in [3.05, 3.63) is 75.9 Å². The zero-order valence-electron chi connectivity index (χ0n) is 13.7. The Morgan fingerprint density at radius 1 is 1.04 bits per heavy atom. The molecule has 2 aromatic carbocycles. The number of nitriles is 1. The van der Waals surface area contributed by atoms with Gasteiger partial charge in [-0.05, 0) is 54.4 Å². The molecule has 0 aliphatic rings. The molecule has 3 aromatic rings. The molecule has 26 heavy (non-hydrogen) atoms. The van der Waals surface area contributed by atoms with E-state index in [4.69, 9.17) is 28.5 Å². The third-order valence-corrected chi connectivity index (χ3v) is 4.22. The van der Waals surface area contributed by atoms with E-state index in [1.165, 1.54) is 0 Å². The van der Waals surface area contributed by atoms with Crippen molar-refractivity contribution < 1.29 is 0 Å². The van der Waals surface area contributed by atoms with Crippen LogP contribution >= 0.6 is 23.2 Å². The van der Waals surface area contributed by atoms with Gasteiger partial charge in [0.1, 0.15) is 5.82 Å². The van der Waals surface area contributed by atoms with Crippen LogP contribution in [0.25, 0.3) is 0 Å². The van der Waals surface area contributed by atoms with Crippen LogP contribution < -0.4 is 10.6 Å². The lowest BCUT2D eigenvalue weighted by molar-refractivity contribution is 0.985. The van der Waals surface area contributed by atoms with Crippen molar-refractivity contribution in [2.75, 3.05) is 17.2 Å². The average molecular weight is 384 g/mol. The maximum atomic E-state index is 8.84. The van der Waals surface area contributed by atoms with Crippen molar-refractivity contribution in [3.63, 3.8) is 0 Å². The van der Waals surface area contributed by atoms with E-state index in [1.807, 2.05) is 24.3 Å². The molecule has 3 rings (SSSR count). The molecule has 130 valence electrons. The molecule has 0 unspecified atom stereocenters. The molecule has 0 atom stereocenters. The van der Waals surface area contributed by atoms with Crippen LogP contribution in [0.15, 0.2) is 54.7 Å². The summed E-state index contributed by atoms with van der Waals surface area (Å²) in [6, 6.07) is 16.5. The number of anilines is 3. The molecule has 0 aliphatic heterocycles. The first-order valence-corrected chi connectivity index (χ1v) is 8.68. The summed E-state index contributed by atoms with van der Waals surface area (Å²) in [5.41, 5.74) is 2.47. The van der Waals surface area contributed by atoms with Crippen LogP contribution in [0.1, 0.15) is 11.1 Å². The third kappa shape index (κ3) is 4.85. The first-order chi connectivity index (χ1) is 12.6. The summed E-state index contributed by atoms with van der Waals surface area (Å²) in [5, 5.41) is 16.5. The minimum Gasteiger partial charge on any atom is -0.354 e. The van der Waals surface area contributed by atoms with Gasteiger partial charge in [0.05, 0.1) is 11.6 Å². The molecule has 5 nitrogen and oxygen atoms in total. The first kappa shape index (κ1) is 18.0. The van der Waals surface area contributed by atoms with Gasteiger partial charge in [0.15, 0.2) is 0 Å². The van der Waals surface area contributed by atoms with Gasteiger partial charge in [0.2, 0.25) is 5.95 Å². The number of nitrogens with zero attached hydrogens (tertiary/aromatic N) is 3. The number of rotatable bonds is 6. The van der Waals surface area contributed by atoms with E-state index in [0.29, 0.717) is 33.9 Å². The summed E-state index contributed by atoms with van der Waals surface area (Å²) in [4.78, 5) is 8.64. The fourth-order valence-corrected chi connectivity index (χ4v) is 2.83. The molecule has 1 aromatic heterocycles. The van der Waals surface area contributed by atoms with E-state index in [2.05, 4.69) is 26.7 Å². The number of aromatic nitrogens is 2. The Hall–Kier alpha value is -2.81. The van der Waals surface area contributed by atoms with Gasteiger partial charge in [-0.15, -0.1) is 0 Å². The van der Waals surface area contributed by atoms with E-state index < -0.39 is 0 Å². The largest absolute Gasteiger partial charge is 0.354 e. The van der Waals surface area contributed by atoms with Gasteiger partial charge in [-0.2, -0.15) is 10.2 Å². The summed E-state index contributed by atoms with van der Waals surface area (Å²) >= 11 is 12.1. The molecule has 0 bridgehead atoms. The van der Waals surface area contributed by atoms with Gasteiger partial charge in [-0.3, -0.25) is 0 Å². The van der Waals surface area contributed by atoms with Crippen LogP contribution in [-0.4, -0.2) is 16.5 Å². The number of benzene rings is 2. The predicted molar refractivity (Wildman–Crippen MR) is 105 cm³/mol. The lowest BCUT2D eigenvalue weighted by Gasteiger charge is -2.09. The Labute approximate surface area is 161 Å². The van der Waals surface area contributed by atoms with Gasteiger partial charge in [0.25, 0.3) is 0 Å². The number of halogens is 2. The normalized spacial score (nSPS) is 10.2. The van der Waals surface area contributed by atoms with Crippen molar-refractivity contribution in [1.82, 2.24) is 9.97 Å². The molecule has 0 saturated carbocycles. The number of hydrogen-bond donors (Lipinski definition) is 2. The zero-order chi connectivity index (χ0) is 18.4. The maximum absolute atomic E-state index is 8.84. The highest BCUT2D eigenvalue weighted by molar-refractivity contribution is 6.35. The van der Waals surface area contributed by atoms with Crippen molar-refractivity contribution in [3.8, 4) is 6.07 Å². The summed E-state index contributed by atoms with van der Waals surface area (Å²) in [5.74, 6) is 1.19. The van der Waals surface area contributed by atoms with Crippen LogP contribution in [0, 0.1) is 11.3 Å². The third-order valence-electron chi connectivity index (χ3n) is 3.63. The van der Waals surface area contributed by atoms with E-state index >= 15 is 0 Å². The number of nitrogens with one attached hydrogen (secondary N) is 2.